The van der Waals surface area contributed by atoms with Crippen molar-refractivity contribution < 1.29 is 9.47 Å². The molecule has 0 amide bonds. The maximum Gasteiger partial charge on any atom is 0.191 e. The first-order chi connectivity index (χ1) is 14.2. The Morgan fingerprint density at radius 3 is 2.47 bits per heavy atom. The van der Waals surface area contributed by atoms with Crippen LogP contribution in [0, 0.1) is 0 Å². The van der Waals surface area contributed by atoms with Gasteiger partial charge in [0.25, 0.3) is 0 Å². The fourth-order valence-electron chi connectivity index (χ4n) is 4.52. The van der Waals surface area contributed by atoms with Gasteiger partial charge in [-0.1, -0.05) is 0 Å². The van der Waals surface area contributed by atoms with Crippen LogP contribution in [0.1, 0.15) is 56.9 Å². The van der Waals surface area contributed by atoms with Crippen molar-refractivity contribution in [2.75, 3.05) is 27.2 Å². The SMILES string of the molecule is CN=C(NCc1ccc(OC)cc1OC1CCCC1)NC1CCN(C2CC2)CC1.I. The van der Waals surface area contributed by atoms with E-state index in [1.165, 1.54) is 51.6 Å². The number of methoxy groups -OCH3 is 1. The number of benzene rings is 1. The first kappa shape index (κ1) is 23.4. The third-order valence-corrected chi connectivity index (χ3v) is 6.47. The Kier molecular flexibility index (Phi) is 8.92. The Labute approximate surface area is 198 Å². The molecule has 1 heterocycles. The van der Waals surface area contributed by atoms with E-state index < -0.39 is 0 Å². The standard InChI is InChI=1S/C23H36N4O2.HI/c1-24-23(26-18-11-13-27(14-12-18)19-8-9-19)25-16-17-7-10-21(28-2)15-22(17)29-20-5-3-4-6-20;/h7,10,15,18-20H,3-6,8-9,11-14,16H2,1-2H3,(H2,24,25,26);1H. The normalized spacial score (nSPS) is 21.2. The van der Waals surface area contributed by atoms with E-state index in [-0.39, 0.29) is 24.0 Å². The van der Waals surface area contributed by atoms with Gasteiger partial charge in [0.15, 0.2) is 5.96 Å². The summed E-state index contributed by atoms with van der Waals surface area (Å²) in [6, 6.07) is 7.49. The maximum atomic E-state index is 6.32. The van der Waals surface area contributed by atoms with Crippen molar-refractivity contribution in [1.82, 2.24) is 15.5 Å². The minimum absolute atomic E-state index is 0. The van der Waals surface area contributed by atoms with Crippen LogP contribution in [0.15, 0.2) is 23.2 Å². The summed E-state index contributed by atoms with van der Waals surface area (Å²) < 4.78 is 11.7. The van der Waals surface area contributed by atoms with E-state index in [2.05, 4.69) is 26.6 Å². The summed E-state index contributed by atoms with van der Waals surface area (Å²) in [7, 11) is 3.55. The van der Waals surface area contributed by atoms with Crippen LogP contribution in [-0.2, 0) is 6.54 Å². The molecular formula is C23H37IN4O2. The molecule has 0 atom stereocenters. The van der Waals surface area contributed by atoms with Crippen LogP contribution in [0.25, 0.3) is 0 Å². The molecule has 0 spiro atoms. The van der Waals surface area contributed by atoms with Crippen molar-refractivity contribution in [2.24, 2.45) is 4.99 Å². The minimum atomic E-state index is 0. The fourth-order valence-corrected chi connectivity index (χ4v) is 4.52. The summed E-state index contributed by atoms with van der Waals surface area (Å²) in [5.41, 5.74) is 1.14. The van der Waals surface area contributed by atoms with Gasteiger partial charge in [-0.2, -0.15) is 0 Å². The molecule has 4 rings (SSSR count). The highest BCUT2D eigenvalue weighted by molar-refractivity contribution is 14.0. The monoisotopic (exact) mass is 528 g/mol. The Hall–Kier alpha value is -1.22. The quantitative estimate of drug-likeness (QED) is 0.319. The van der Waals surface area contributed by atoms with E-state index in [4.69, 9.17) is 9.47 Å². The van der Waals surface area contributed by atoms with Crippen molar-refractivity contribution >= 4 is 29.9 Å². The van der Waals surface area contributed by atoms with Crippen LogP contribution in [0.3, 0.4) is 0 Å². The van der Waals surface area contributed by atoms with Crippen LogP contribution in [0.2, 0.25) is 0 Å². The second-order valence-electron chi connectivity index (χ2n) is 8.61. The van der Waals surface area contributed by atoms with Crippen molar-refractivity contribution in [3.8, 4) is 11.5 Å². The molecule has 0 radical (unpaired) electrons. The molecule has 30 heavy (non-hydrogen) atoms. The van der Waals surface area contributed by atoms with Crippen LogP contribution in [-0.4, -0.2) is 56.3 Å². The minimum Gasteiger partial charge on any atom is -0.497 e. The molecule has 6 nitrogen and oxygen atoms in total. The maximum absolute atomic E-state index is 6.32. The number of nitrogens with zero attached hydrogens (tertiary/aromatic N) is 2. The van der Waals surface area contributed by atoms with Gasteiger partial charge in [0, 0.05) is 50.4 Å². The molecule has 1 aromatic carbocycles. The van der Waals surface area contributed by atoms with Crippen molar-refractivity contribution in [1.29, 1.82) is 0 Å². The molecule has 2 N–H and O–H groups in total. The number of guanidine groups is 1. The molecule has 0 bridgehead atoms. The average molecular weight is 528 g/mol. The number of halogens is 1. The summed E-state index contributed by atoms with van der Waals surface area (Å²) in [6.45, 7) is 3.10. The Morgan fingerprint density at radius 2 is 1.83 bits per heavy atom. The van der Waals surface area contributed by atoms with Gasteiger partial charge in [-0.15, -0.1) is 24.0 Å². The number of aliphatic imine (C=N–C) groups is 1. The predicted octanol–water partition coefficient (Wildman–Crippen LogP) is 3.93. The zero-order valence-corrected chi connectivity index (χ0v) is 20.7. The van der Waals surface area contributed by atoms with Crippen molar-refractivity contribution in [2.45, 2.75) is 76.1 Å². The van der Waals surface area contributed by atoms with Gasteiger partial charge in [0.05, 0.1) is 13.2 Å². The molecule has 1 aromatic rings. The van der Waals surface area contributed by atoms with E-state index in [1.807, 2.05) is 19.2 Å². The lowest BCUT2D eigenvalue weighted by atomic mass is 10.1. The summed E-state index contributed by atoms with van der Waals surface area (Å²) >= 11 is 0. The second kappa shape index (κ2) is 11.4. The second-order valence-corrected chi connectivity index (χ2v) is 8.61. The molecule has 1 saturated heterocycles. The number of hydrogen-bond donors (Lipinski definition) is 2. The zero-order valence-electron chi connectivity index (χ0n) is 18.4. The van der Waals surface area contributed by atoms with Gasteiger partial charge >= 0.3 is 0 Å². The highest BCUT2D eigenvalue weighted by Gasteiger charge is 2.31. The molecule has 0 aromatic heterocycles. The smallest absolute Gasteiger partial charge is 0.191 e. The fraction of sp³-hybridized carbons (Fsp3) is 0.696. The van der Waals surface area contributed by atoms with Crippen LogP contribution < -0.4 is 20.1 Å². The number of hydrogen-bond acceptors (Lipinski definition) is 4. The number of nitrogens with one attached hydrogen (secondary N) is 2. The lowest BCUT2D eigenvalue weighted by Gasteiger charge is -2.33. The zero-order chi connectivity index (χ0) is 20.1. The first-order valence-corrected chi connectivity index (χ1v) is 11.3. The highest BCUT2D eigenvalue weighted by atomic mass is 127. The molecule has 2 aliphatic carbocycles. The third kappa shape index (κ3) is 6.39. The van der Waals surface area contributed by atoms with Crippen molar-refractivity contribution in [3.05, 3.63) is 23.8 Å². The average Bonchev–Trinajstić information content (AvgIpc) is 3.49. The number of ether oxygens (including phenoxy) is 2. The Morgan fingerprint density at radius 1 is 1.10 bits per heavy atom. The first-order valence-electron chi connectivity index (χ1n) is 11.3. The molecule has 7 heteroatoms. The van der Waals surface area contributed by atoms with E-state index in [9.17, 15) is 0 Å². The number of piperidine rings is 1. The summed E-state index contributed by atoms with van der Waals surface area (Å²) in [5.74, 6) is 2.64. The molecule has 3 aliphatic rings. The number of likely N-dealkylation sites (tertiary alicyclic amines) is 1. The van der Waals surface area contributed by atoms with Crippen LogP contribution >= 0.6 is 24.0 Å². The molecule has 1 aliphatic heterocycles. The summed E-state index contributed by atoms with van der Waals surface area (Å²) in [4.78, 5) is 7.10. The molecule has 3 fully saturated rings. The molecule has 0 unspecified atom stereocenters. The molecular weight excluding hydrogens is 491 g/mol. The van der Waals surface area contributed by atoms with Crippen molar-refractivity contribution in [3.63, 3.8) is 0 Å². The van der Waals surface area contributed by atoms with Gasteiger partial charge in [-0.25, -0.2) is 0 Å². The number of rotatable bonds is 7. The van der Waals surface area contributed by atoms with Gasteiger partial charge in [0.1, 0.15) is 11.5 Å². The van der Waals surface area contributed by atoms with E-state index in [0.29, 0.717) is 18.7 Å². The van der Waals surface area contributed by atoms with Gasteiger partial charge in [-0.3, -0.25) is 4.99 Å². The van der Waals surface area contributed by atoms with E-state index >= 15 is 0 Å². The molecule has 168 valence electrons. The summed E-state index contributed by atoms with van der Waals surface area (Å²) in [5, 5.41) is 7.10. The Balaban J connectivity index is 0.00000256. The van der Waals surface area contributed by atoms with E-state index in [0.717, 1.165) is 41.9 Å². The predicted molar refractivity (Wildman–Crippen MR) is 132 cm³/mol. The van der Waals surface area contributed by atoms with Crippen LogP contribution in [0.4, 0.5) is 0 Å². The lowest BCUT2D eigenvalue weighted by molar-refractivity contribution is 0.197. The van der Waals surface area contributed by atoms with Crippen LogP contribution in [0.5, 0.6) is 11.5 Å². The highest BCUT2D eigenvalue weighted by Crippen LogP contribution is 2.30. The van der Waals surface area contributed by atoms with Gasteiger partial charge in [-0.05, 0) is 63.5 Å². The van der Waals surface area contributed by atoms with Gasteiger partial charge in [0.2, 0.25) is 0 Å². The van der Waals surface area contributed by atoms with E-state index in [1.54, 1.807) is 7.11 Å². The van der Waals surface area contributed by atoms with Gasteiger partial charge < -0.3 is 25.0 Å². The lowest BCUT2D eigenvalue weighted by Crippen LogP contribution is -2.48. The third-order valence-electron chi connectivity index (χ3n) is 6.47. The Bertz CT molecular complexity index is 696. The largest absolute Gasteiger partial charge is 0.497 e. The topological polar surface area (TPSA) is 58.1 Å². The molecule has 2 saturated carbocycles. The summed E-state index contributed by atoms with van der Waals surface area (Å²) in [6.07, 6.45) is 10.3.